The molecule has 4 nitrogen and oxygen atoms in total. The van der Waals surface area contributed by atoms with Crippen LogP contribution in [0.1, 0.15) is 5.56 Å². The molecule has 0 fully saturated rings. The number of para-hydroxylation sites is 1. The first-order chi connectivity index (χ1) is 10.2. The minimum absolute atomic E-state index is 0.158. The van der Waals surface area contributed by atoms with Gasteiger partial charge in [-0.05, 0) is 35.9 Å². The van der Waals surface area contributed by atoms with E-state index >= 15 is 0 Å². The largest absolute Gasteiger partial charge is 0.492 e. The number of ether oxygens (including phenoxy) is 1. The molecule has 108 valence electrons. The summed E-state index contributed by atoms with van der Waals surface area (Å²) in [6.07, 6.45) is 3.21. The molecule has 3 N–H and O–H groups in total. The highest BCUT2D eigenvalue weighted by atomic mass is 16.5. The maximum absolute atomic E-state index is 11.6. The first kappa shape index (κ1) is 14.7. The monoisotopic (exact) mass is 282 g/mol. The molecule has 0 spiro atoms. The van der Waals surface area contributed by atoms with E-state index in [1.54, 1.807) is 12.1 Å². The molecule has 0 aromatic heterocycles. The van der Waals surface area contributed by atoms with Gasteiger partial charge in [-0.1, -0.05) is 30.3 Å². The SMILES string of the molecule is Nc1cccc(/C=C/C(=O)NCCOc2ccccc2)c1. The maximum atomic E-state index is 11.6. The van der Waals surface area contributed by atoms with Gasteiger partial charge in [0.05, 0.1) is 6.54 Å². The Bertz CT molecular complexity index is 609. The van der Waals surface area contributed by atoms with E-state index in [2.05, 4.69) is 5.32 Å². The van der Waals surface area contributed by atoms with Crippen molar-refractivity contribution in [2.24, 2.45) is 0 Å². The van der Waals surface area contributed by atoms with Crippen molar-refractivity contribution in [3.8, 4) is 5.75 Å². The molecule has 4 heteroatoms. The minimum Gasteiger partial charge on any atom is -0.492 e. The molecule has 0 atom stereocenters. The van der Waals surface area contributed by atoms with E-state index in [9.17, 15) is 4.79 Å². The third-order valence-electron chi connectivity index (χ3n) is 2.75. The molecule has 0 aliphatic heterocycles. The highest BCUT2D eigenvalue weighted by Crippen LogP contribution is 2.08. The summed E-state index contributed by atoms with van der Waals surface area (Å²) >= 11 is 0. The Balaban J connectivity index is 1.70. The van der Waals surface area contributed by atoms with Crippen LogP contribution < -0.4 is 15.8 Å². The molecule has 0 aliphatic rings. The van der Waals surface area contributed by atoms with Crippen LogP contribution in [0, 0.1) is 0 Å². The number of carbonyl (C=O) groups is 1. The second-order valence-electron chi connectivity index (χ2n) is 4.46. The second-order valence-corrected chi connectivity index (χ2v) is 4.46. The van der Waals surface area contributed by atoms with E-state index in [1.807, 2.05) is 48.5 Å². The third-order valence-corrected chi connectivity index (χ3v) is 2.75. The van der Waals surface area contributed by atoms with Gasteiger partial charge in [-0.25, -0.2) is 0 Å². The fourth-order valence-corrected chi connectivity index (χ4v) is 1.75. The van der Waals surface area contributed by atoms with E-state index in [1.165, 1.54) is 6.08 Å². The highest BCUT2D eigenvalue weighted by Gasteiger charge is 1.96. The van der Waals surface area contributed by atoms with Gasteiger partial charge in [-0.15, -0.1) is 0 Å². The summed E-state index contributed by atoms with van der Waals surface area (Å²) in [5.74, 6) is 0.635. The number of benzene rings is 2. The Morgan fingerprint density at radius 1 is 1.14 bits per heavy atom. The number of rotatable bonds is 6. The van der Waals surface area contributed by atoms with E-state index < -0.39 is 0 Å². The Kier molecular flexibility index (Phi) is 5.41. The van der Waals surface area contributed by atoms with Gasteiger partial charge in [0.15, 0.2) is 0 Å². The quantitative estimate of drug-likeness (QED) is 0.486. The van der Waals surface area contributed by atoms with Crippen molar-refractivity contribution in [1.29, 1.82) is 0 Å². The number of amides is 1. The van der Waals surface area contributed by atoms with E-state index in [4.69, 9.17) is 10.5 Å². The predicted molar refractivity (Wildman–Crippen MR) is 84.8 cm³/mol. The van der Waals surface area contributed by atoms with Crippen molar-refractivity contribution in [2.75, 3.05) is 18.9 Å². The summed E-state index contributed by atoms with van der Waals surface area (Å²) in [7, 11) is 0. The van der Waals surface area contributed by atoms with Crippen LogP contribution in [0.3, 0.4) is 0 Å². The summed E-state index contributed by atoms with van der Waals surface area (Å²) in [5.41, 5.74) is 7.24. The van der Waals surface area contributed by atoms with Crippen molar-refractivity contribution in [1.82, 2.24) is 5.32 Å². The first-order valence-corrected chi connectivity index (χ1v) is 6.73. The van der Waals surface area contributed by atoms with Crippen LogP contribution in [0.5, 0.6) is 5.75 Å². The van der Waals surface area contributed by atoms with Crippen molar-refractivity contribution < 1.29 is 9.53 Å². The summed E-state index contributed by atoms with van der Waals surface area (Å²) in [4.78, 5) is 11.6. The summed E-state index contributed by atoms with van der Waals surface area (Å²) in [6, 6.07) is 16.8. The molecule has 0 unspecified atom stereocenters. The topological polar surface area (TPSA) is 64.4 Å². The number of nitrogen functional groups attached to an aromatic ring is 1. The van der Waals surface area contributed by atoms with Crippen LogP contribution in [-0.4, -0.2) is 19.1 Å². The minimum atomic E-state index is -0.158. The lowest BCUT2D eigenvalue weighted by Crippen LogP contribution is -2.26. The molecular formula is C17H18N2O2. The molecule has 0 bridgehead atoms. The molecule has 0 saturated heterocycles. The Morgan fingerprint density at radius 3 is 2.71 bits per heavy atom. The standard InChI is InChI=1S/C17H18N2O2/c18-15-6-4-5-14(13-15)9-10-17(20)19-11-12-21-16-7-2-1-3-8-16/h1-10,13H,11-12,18H2,(H,19,20)/b10-9+. The number of nitrogens with one attached hydrogen (secondary N) is 1. The zero-order valence-corrected chi connectivity index (χ0v) is 11.7. The van der Waals surface area contributed by atoms with Gasteiger partial charge in [0.2, 0.25) is 5.91 Å². The zero-order valence-electron chi connectivity index (χ0n) is 11.7. The molecule has 0 heterocycles. The van der Waals surface area contributed by atoms with Crippen LogP contribution in [0.2, 0.25) is 0 Å². The van der Waals surface area contributed by atoms with Crippen LogP contribution in [0.15, 0.2) is 60.7 Å². The molecule has 2 rings (SSSR count). The number of hydrogen-bond donors (Lipinski definition) is 2. The van der Waals surface area contributed by atoms with Crippen LogP contribution in [0.4, 0.5) is 5.69 Å². The zero-order chi connectivity index (χ0) is 14.9. The molecule has 21 heavy (non-hydrogen) atoms. The molecule has 0 radical (unpaired) electrons. The van der Waals surface area contributed by atoms with Gasteiger partial charge in [0, 0.05) is 11.8 Å². The molecular weight excluding hydrogens is 264 g/mol. The maximum Gasteiger partial charge on any atom is 0.244 e. The Labute approximate surface area is 124 Å². The summed E-state index contributed by atoms with van der Waals surface area (Å²) in [6.45, 7) is 0.886. The van der Waals surface area contributed by atoms with Crippen LogP contribution >= 0.6 is 0 Å². The number of anilines is 1. The molecule has 2 aromatic rings. The lowest BCUT2D eigenvalue weighted by Gasteiger charge is -2.06. The molecule has 0 saturated carbocycles. The normalized spacial score (nSPS) is 10.5. The predicted octanol–water partition coefficient (Wildman–Crippen LogP) is 2.48. The average Bonchev–Trinajstić information content (AvgIpc) is 2.51. The average molecular weight is 282 g/mol. The van der Waals surface area contributed by atoms with E-state index in [0.717, 1.165) is 11.3 Å². The fourth-order valence-electron chi connectivity index (χ4n) is 1.75. The Hall–Kier alpha value is -2.75. The lowest BCUT2D eigenvalue weighted by atomic mass is 10.2. The third kappa shape index (κ3) is 5.40. The summed E-state index contributed by atoms with van der Waals surface area (Å²) in [5, 5.41) is 2.76. The van der Waals surface area contributed by atoms with Gasteiger partial charge in [-0.3, -0.25) is 4.79 Å². The van der Waals surface area contributed by atoms with Crippen LogP contribution in [0.25, 0.3) is 6.08 Å². The first-order valence-electron chi connectivity index (χ1n) is 6.73. The van der Waals surface area contributed by atoms with Crippen LogP contribution in [-0.2, 0) is 4.79 Å². The molecule has 2 aromatic carbocycles. The molecule has 1 amide bonds. The van der Waals surface area contributed by atoms with E-state index in [-0.39, 0.29) is 5.91 Å². The number of hydrogen-bond acceptors (Lipinski definition) is 3. The van der Waals surface area contributed by atoms with E-state index in [0.29, 0.717) is 18.8 Å². The molecule has 0 aliphatic carbocycles. The lowest BCUT2D eigenvalue weighted by molar-refractivity contribution is -0.116. The van der Waals surface area contributed by atoms with Crippen molar-refractivity contribution >= 4 is 17.7 Å². The van der Waals surface area contributed by atoms with Gasteiger partial charge in [-0.2, -0.15) is 0 Å². The van der Waals surface area contributed by atoms with Gasteiger partial charge < -0.3 is 15.8 Å². The van der Waals surface area contributed by atoms with Gasteiger partial charge in [0.1, 0.15) is 12.4 Å². The van der Waals surface area contributed by atoms with Crippen molar-refractivity contribution in [3.05, 3.63) is 66.2 Å². The highest BCUT2D eigenvalue weighted by molar-refractivity contribution is 5.91. The van der Waals surface area contributed by atoms with Crippen molar-refractivity contribution in [2.45, 2.75) is 0 Å². The summed E-state index contributed by atoms with van der Waals surface area (Å²) < 4.78 is 5.48. The fraction of sp³-hybridized carbons (Fsp3) is 0.118. The number of nitrogens with two attached hydrogens (primary N) is 1. The second kappa shape index (κ2) is 7.75. The van der Waals surface area contributed by atoms with Gasteiger partial charge >= 0.3 is 0 Å². The van der Waals surface area contributed by atoms with Crippen molar-refractivity contribution in [3.63, 3.8) is 0 Å². The number of carbonyl (C=O) groups excluding carboxylic acids is 1. The smallest absolute Gasteiger partial charge is 0.244 e. The Morgan fingerprint density at radius 2 is 1.95 bits per heavy atom. The van der Waals surface area contributed by atoms with Gasteiger partial charge in [0.25, 0.3) is 0 Å².